The second kappa shape index (κ2) is 5.75. The van der Waals surface area contributed by atoms with Crippen LogP contribution in [0.4, 0.5) is 13.2 Å². The molecule has 108 valence electrons. The van der Waals surface area contributed by atoms with E-state index in [-0.39, 0.29) is 12.1 Å². The smallest absolute Gasteiger partial charge is 0.296 e. The van der Waals surface area contributed by atoms with Crippen molar-refractivity contribution in [3.05, 3.63) is 48.0 Å². The molecule has 0 saturated heterocycles. The van der Waals surface area contributed by atoms with E-state index < -0.39 is 23.4 Å². The van der Waals surface area contributed by atoms with Crippen molar-refractivity contribution in [3.8, 4) is 6.07 Å². The Balaban J connectivity index is 2.25. The Bertz CT molecular complexity index is 673. The zero-order chi connectivity index (χ0) is 15.5. The van der Waals surface area contributed by atoms with Crippen LogP contribution in [-0.2, 0) is 17.5 Å². The van der Waals surface area contributed by atoms with E-state index in [0.717, 1.165) is 12.1 Å². The van der Waals surface area contributed by atoms with Gasteiger partial charge < -0.3 is 0 Å². The average Bonchev–Trinajstić information content (AvgIpc) is 2.92. The van der Waals surface area contributed by atoms with Crippen LogP contribution in [-0.4, -0.2) is 20.5 Å². The first-order valence-corrected chi connectivity index (χ1v) is 5.83. The van der Waals surface area contributed by atoms with Crippen LogP contribution in [0.3, 0.4) is 0 Å². The van der Waals surface area contributed by atoms with E-state index in [2.05, 4.69) is 10.1 Å². The van der Waals surface area contributed by atoms with E-state index in [4.69, 9.17) is 5.26 Å². The van der Waals surface area contributed by atoms with Crippen LogP contribution in [0.5, 0.6) is 0 Å². The number of ketones is 1. The van der Waals surface area contributed by atoms with Gasteiger partial charge >= 0.3 is 6.18 Å². The summed E-state index contributed by atoms with van der Waals surface area (Å²) in [6.07, 6.45) is -2.01. The Morgan fingerprint density at radius 1 is 1.43 bits per heavy atom. The van der Waals surface area contributed by atoms with Crippen molar-refractivity contribution >= 4 is 5.78 Å². The summed E-state index contributed by atoms with van der Waals surface area (Å²) in [4.78, 5) is 15.7. The number of carbonyl (C=O) groups is 1. The fourth-order valence-corrected chi connectivity index (χ4v) is 1.79. The Morgan fingerprint density at radius 3 is 2.76 bits per heavy atom. The highest BCUT2D eigenvalue weighted by molar-refractivity contribution is 5.88. The quantitative estimate of drug-likeness (QED) is 0.866. The van der Waals surface area contributed by atoms with Crippen molar-refractivity contribution < 1.29 is 18.0 Å². The predicted molar refractivity (Wildman–Crippen MR) is 64.8 cm³/mol. The molecule has 21 heavy (non-hydrogen) atoms. The fraction of sp³-hybridized carbons (Fsp3) is 0.231. The minimum atomic E-state index is -4.52. The van der Waals surface area contributed by atoms with Gasteiger partial charge in [-0.1, -0.05) is 18.2 Å². The van der Waals surface area contributed by atoms with Gasteiger partial charge in [0.25, 0.3) is 0 Å². The van der Waals surface area contributed by atoms with E-state index in [9.17, 15) is 18.0 Å². The third kappa shape index (κ3) is 3.45. The topological polar surface area (TPSA) is 71.6 Å². The van der Waals surface area contributed by atoms with Crippen LogP contribution in [0.1, 0.15) is 17.0 Å². The van der Waals surface area contributed by atoms with E-state index in [0.29, 0.717) is 0 Å². The zero-order valence-electron chi connectivity index (χ0n) is 10.6. The highest BCUT2D eigenvalue weighted by Gasteiger charge is 2.31. The van der Waals surface area contributed by atoms with Gasteiger partial charge in [-0.15, -0.1) is 0 Å². The number of alkyl halides is 3. The highest BCUT2D eigenvalue weighted by Crippen LogP contribution is 2.31. The number of nitrogens with zero attached hydrogens (tertiary/aromatic N) is 4. The maximum atomic E-state index is 12.7. The summed E-state index contributed by atoms with van der Waals surface area (Å²) in [6.45, 7) is -0.228. The zero-order valence-corrected chi connectivity index (χ0v) is 10.6. The molecule has 0 fully saturated rings. The Hall–Kier alpha value is -2.69. The van der Waals surface area contributed by atoms with Crippen molar-refractivity contribution in [1.82, 2.24) is 14.8 Å². The van der Waals surface area contributed by atoms with E-state index in [1.165, 1.54) is 29.5 Å². The molecule has 0 spiro atoms. The number of aromatic nitrogens is 3. The van der Waals surface area contributed by atoms with Gasteiger partial charge in [0.05, 0.1) is 11.6 Å². The lowest BCUT2D eigenvalue weighted by atomic mass is 9.94. The molecule has 0 aliphatic rings. The van der Waals surface area contributed by atoms with Gasteiger partial charge in [0.2, 0.25) is 0 Å². The van der Waals surface area contributed by atoms with Gasteiger partial charge in [0, 0.05) is 0 Å². The van der Waals surface area contributed by atoms with Gasteiger partial charge in [-0.2, -0.15) is 23.5 Å². The van der Waals surface area contributed by atoms with Crippen molar-refractivity contribution in [1.29, 1.82) is 5.26 Å². The SMILES string of the molecule is N#CC(C(=O)Cn1cncn1)c1cccc(C(F)(F)F)c1. The first kappa shape index (κ1) is 14.7. The molecule has 1 aromatic heterocycles. The van der Waals surface area contributed by atoms with Crippen molar-refractivity contribution in [2.24, 2.45) is 0 Å². The maximum absolute atomic E-state index is 12.7. The van der Waals surface area contributed by atoms with Crippen molar-refractivity contribution in [2.75, 3.05) is 0 Å². The minimum absolute atomic E-state index is 0.0115. The van der Waals surface area contributed by atoms with Gasteiger partial charge in [-0.05, 0) is 11.6 Å². The Kier molecular flexibility index (Phi) is 4.03. The van der Waals surface area contributed by atoms with Crippen LogP contribution in [0.25, 0.3) is 0 Å². The summed E-state index contributed by atoms with van der Waals surface area (Å²) in [5.41, 5.74) is -0.883. The molecule has 1 atom stereocenters. The summed E-state index contributed by atoms with van der Waals surface area (Å²) in [6, 6.07) is 5.93. The van der Waals surface area contributed by atoms with Gasteiger partial charge in [0.1, 0.15) is 25.1 Å². The number of rotatable bonds is 4. The Labute approximate surface area is 117 Å². The van der Waals surface area contributed by atoms with E-state index in [1.807, 2.05) is 0 Å². The molecule has 0 radical (unpaired) electrons. The monoisotopic (exact) mass is 294 g/mol. The number of halogens is 3. The molecule has 0 saturated carbocycles. The van der Waals surface area contributed by atoms with Gasteiger partial charge in [-0.25, -0.2) is 9.67 Å². The second-order valence-corrected chi connectivity index (χ2v) is 4.24. The Morgan fingerprint density at radius 2 is 2.19 bits per heavy atom. The fourth-order valence-electron chi connectivity index (χ4n) is 1.79. The van der Waals surface area contributed by atoms with Crippen molar-refractivity contribution in [3.63, 3.8) is 0 Å². The molecular weight excluding hydrogens is 285 g/mol. The summed E-state index contributed by atoms with van der Waals surface area (Å²) in [7, 11) is 0. The molecule has 0 aliphatic heterocycles. The summed E-state index contributed by atoms with van der Waals surface area (Å²) >= 11 is 0. The summed E-state index contributed by atoms with van der Waals surface area (Å²) in [5.74, 6) is -1.83. The molecule has 5 nitrogen and oxygen atoms in total. The lowest BCUT2D eigenvalue weighted by molar-refractivity contribution is -0.137. The molecule has 0 aliphatic carbocycles. The van der Waals surface area contributed by atoms with Gasteiger partial charge in [-0.3, -0.25) is 4.79 Å². The molecule has 1 aromatic carbocycles. The summed E-state index contributed by atoms with van der Waals surface area (Å²) in [5, 5.41) is 12.8. The van der Waals surface area contributed by atoms with Crippen LogP contribution in [0.2, 0.25) is 0 Å². The van der Waals surface area contributed by atoms with Crippen molar-refractivity contribution in [2.45, 2.75) is 18.6 Å². The molecule has 2 rings (SSSR count). The standard InChI is InChI=1S/C13H9F3N4O/c14-13(15,16)10-3-1-2-9(4-10)11(5-17)12(21)6-20-8-18-7-19-20/h1-4,7-8,11H,6H2. The number of hydrogen-bond acceptors (Lipinski definition) is 4. The number of benzene rings is 1. The second-order valence-electron chi connectivity index (χ2n) is 4.24. The molecule has 8 heteroatoms. The molecule has 0 bridgehead atoms. The number of nitriles is 1. The minimum Gasteiger partial charge on any atom is -0.296 e. The molecule has 0 N–H and O–H groups in total. The first-order chi connectivity index (χ1) is 9.91. The van der Waals surface area contributed by atoms with E-state index >= 15 is 0 Å². The lowest BCUT2D eigenvalue weighted by Gasteiger charge is -2.12. The predicted octanol–water partition coefficient (Wildman–Crippen LogP) is 2.17. The first-order valence-electron chi connectivity index (χ1n) is 5.83. The average molecular weight is 294 g/mol. The lowest BCUT2D eigenvalue weighted by Crippen LogP contribution is -2.18. The van der Waals surface area contributed by atoms with Gasteiger partial charge in [0.15, 0.2) is 5.78 Å². The third-order valence-corrected chi connectivity index (χ3v) is 2.78. The molecule has 0 amide bonds. The normalized spacial score (nSPS) is 12.7. The molecule has 1 heterocycles. The van der Waals surface area contributed by atoms with E-state index in [1.54, 1.807) is 6.07 Å². The summed E-state index contributed by atoms with van der Waals surface area (Å²) < 4.78 is 39.2. The number of Topliss-reactive ketones (excluding diaryl/α,β-unsaturated/α-hetero) is 1. The molecule has 2 aromatic rings. The molecule has 1 unspecified atom stereocenters. The van der Waals surface area contributed by atoms with Crippen LogP contribution < -0.4 is 0 Å². The van der Waals surface area contributed by atoms with Crippen LogP contribution >= 0.6 is 0 Å². The number of carbonyl (C=O) groups excluding carboxylic acids is 1. The number of hydrogen-bond donors (Lipinski definition) is 0. The highest BCUT2D eigenvalue weighted by atomic mass is 19.4. The largest absolute Gasteiger partial charge is 0.416 e. The van der Waals surface area contributed by atoms with Crippen LogP contribution in [0, 0.1) is 11.3 Å². The van der Waals surface area contributed by atoms with Crippen LogP contribution in [0.15, 0.2) is 36.9 Å². The third-order valence-electron chi connectivity index (χ3n) is 2.78. The molecular formula is C13H9F3N4O. The maximum Gasteiger partial charge on any atom is 0.416 e.